The number of carbonyl (C=O) groups excluding carboxylic acids is 1. The molecule has 0 spiro atoms. The van der Waals surface area contributed by atoms with E-state index in [1.54, 1.807) is 36.3 Å². The molecule has 1 amide bonds. The topological polar surface area (TPSA) is 113 Å². The number of benzene rings is 1. The molecular formula is C17H20N2O6S2. The van der Waals surface area contributed by atoms with Crippen LogP contribution >= 0.6 is 11.8 Å². The fourth-order valence-electron chi connectivity index (χ4n) is 3.16. The summed E-state index contributed by atoms with van der Waals surface area (Å²) in [5.74, 6) is -0.612. The van der Waals surface area contributed by atoms with Gasteiger partial charge < -0.3 is 14.7 Å². The predicted octanol–water partition coefficient (Wildman–Crippen LogP) is 1.55. The first kappa shape index (κ1) is 19.7. The molecule has 2 aliphatic heterocycles. The summed E-state index contributed by atoms with van der Waals surface area (Å²) in [6.45, 7) is 0. The van der Waals surface area contributed by atoms with E-state index in [1.165, 1.54) is 11.8 Å². The molecule has 8 nitrogen and oxygen atoms in total. The third kappa shape index (κ3) is 4.62. The van der Waals surface area contributed by atoms with Crippen LogP contribution in [-0.4, -0.2) is 60.5 Å². The van der Waals surface area contributed by atoms with E-state index in [-0.39, 0.29) is 42.1 Å². The number of thioether (sulfide) groups is 1. The highest BCUT2D eigenvalue weighted by Crippen LogP contribution is 2.41. The fourth-order valence-corrected chi connectivity index (χ4v) is 7.09. The highest BCUT2D eigenvalue weighted by atomic mass is 32.2. The quantitative estimate of drug-likeness (QED) is 0.749. The molecule has 0 saturated carbocycles. The molecule has 0 bridgehead atoms. The zero-order valence-corrected chi connectivity index (χ0v) is 16.3. The number of nitrogens with zero attached hydrogens (tertiary/aromatic N) is 2. The molecule has 146 valence electrons. The van der Waals surface area contributed by atoms with Crippen LogP contribution < -0.4 is 9.64 Å². The maximum absolute atomic E-state index is 12.1. The van der Waals surface area contributed by atoms with Crippen LogP contribution in [0.25, 0.3) is 0 Å². The van der Waals surface area contributed by atoms with Gasteiger partial charge in [-0.1, -0.05) is 11.8 Å². The van der Waals surface area contributed by atoms with Crippen molar-refractivity contribution in [3.05, 3.63) is 24.3 Å². The first-order chi connectivity index (χ1) is 12.8. The zero-order valence-electron chi connectivity index (χ0n) is 14.7. The Bertz CT molecular complexity index is 866. The summed E-state index contributed by atoms with van der Waals surface area (Å²) in [5, 5.41) is 8.96. The van der Waals surface area contributed by atoms with E-state index >= 15 is 0 Å². The Balaban J connectivity index is 1.84. The van der Waals surface area contributed by atoms with Crippen molar-refractivity contribution < 1.29 is 27.9 Å². The summed E-state index contributed by atoms with van der Waals surface area (Å²) in [6.07, 6.45) is 0.176. The Morgan fingerprint density at radius 3 is 2.59 bits per heavy atom. The van der Waals surface area contributed by atoms with Crippen LogP contribution in [0.4, 0.5) is 5.69 Å². The van der Waals surface area contributed by atoms with Crippen molar-refractivity contribution in [2.45, 2.75) is 30.6 Å². The van der Waals surface area contributed by atoms with Gasteiger partial charge in [0.1, 0.15) is 5.75 Å². The second-order valence-electron chi connectivity index (χ2n) is 6.40. The summed E-state index contributed by atoms with van der Waals surface area (Å²) in [7, 11) is -1.57. The molecule has 27 heavy (non-hydrogen) atoms. The first-order valence-electron chi connectivity index (χ1n) is 8.43. The van der Waals surface area contributed by atoms with Gasteiger partial charge >= 0.3 is 5.97 Å². The molecule has 1 aromatic rings. The smallest absolute Gasteiger partial charge is 0.303 e. The number of hydrogen-bond donors (Lipinski definition) is 1. The molecule has 1 N–H and O–H groups in total. The summed E-state index contributed by atoms with van der Waals surface area (Å²) in [5.41, 5.74) is 0.741. The monoisotopic (exact) mass is 412 g/mol. The van der Waals surface area contributed by atoms with E-state index in [2.05, 4.69) is 4.99 Å². The minimum atomic E-state index is -3.13. The van der Waals surface area contributed by atoms with Gasteiger partial charge in [-0.25, -0.2) is 8.42 Å². The van der Waals surface area contributed by atoms with Crippen molar-refractivity contribution in [1.29, 1.82) is 0 Å². The highest BCUT2D eigenvalue weighted by molar-refractivity contribution is 8.16. The van der Waals surface area contributed by atoms with Crippen LogP contribution in [0.5, 0.6) is 5.75 Å². The van der Waals surface area contributed by atoms with E-state index in [1.807, 2.05) is 0 Å². The summed E-state index contributed by atoms with van der Waals surface area (Å²) < 4.78 is 29.2. The minimum absolute atomic E-state index is 0.0168. The molecule has 0 radical (unpaired) electrons. The highest BCUT2D eigenvalue weighted by Gasteiger charge is 2.49. The number of carboxylic acids is 1. The lowest BCUT2D eigenvalue weighted by molar-refractivity contribution is -0.137. The number of methoxy groups -OCH3 is 1. The average Bonchev–Trinajstić information content (AvgIpc) is 3.05. The fraction of sp³-hybridized carbons (Fsp3) is 0.471. The number of fused-ring (bicyclic) bond motifs is 1. The number of carbonyl (C=O) groups is 2. The van der Waals surface area contributed by atoms with Crippen molar-refractivity contribution in [3.8, 4) is 5.75 Å². The SMILES string of the molecule is COc1ccc(N2C(=NC(=O)CCCC(=O)O)S[C@H]3CS(=O)(=O)C[C@H]32)cc1. The number of anilines is 1. The first-order valence-corrected chi connectivity index (χ1v) is 11.1. The predicted molar refractivity (Wildman–Crippen MR) is 103 cm³/mol. The van der Waals surface area contributed by atoms with Gasteiger partial charge in [-0.05, 0) is 30.7 Å². The lowest BCUT2D eigenvalue weighted by Crippen LogP contribution is -2.37. The van der Waals surface area contributed by atoms with Crippen molar-refractivity contribution in [1.82, 2.24) is 0 Å². The number of amides is 1. The Morgan fingerprint density at radius 1 is 1.26 bits per heavy atom. The molecule has 0 aromatic heterocycles. The van der Waals surface area contributed by atoms with Crippen LogP contribution in [0.1, 0.15) is 19.3 Å². The van der Waals surface area contributed by atoms with Crippen LogP contribution in [0.15, 0.2) is 29.3 Å². The number of amidine groups is 1. The third-order valence-corrected chi connectivity index (χ3v) is 7.63. The van der Waals surface area contributed by atoms with Crippen molar-refractivity contribution in [2.75, 3.05) is 23.5 Å². The molecule has 2 aliphatic rings. The van der Waals surface area contributed by atoms with Gasteiger partial charge in [0.25, 0.3) is 0 Å². The summed E-state index contributed by atoms with van der Waals surface area (Å²) in [4.78, 5) is 28.7. The molecule has 2 saturated heterocycles. The molecule has 0 unspecified atom stereocenters. The van der Waals surface area contributed by atoms with Crippen molar-refractivity contribution in [3.63, 3.8) is 0 Å². The van der Waals surface area contributed by atoms with Gasteiger partial charge in [0.2, 0.25) is 5.91 Å². The maximum atomic E-state index is 12.1. The van der Waals surface area contributed by atoms with Crippen LogP contribution in [0.3, 0.4) is 0 Å². The Hall–Kier alpha value is -2.07. The van der Waals surface area contributed by atoms with Crippen molar-refractivity contribution >= 4 is 44.3 Å². The Labute approximate surface area is 161 Å². The number of ether oxygens (including phenoxy) is 1. The van der Waals surface area contributed by atoms with Crippen LogP contribution in [0, 0.1) is 0 Å². The lowest BCUT2D eigenvalue weighted by Gasteiger charge is -2.24. The number of rotatable bonds is 6. The molecular weight excluding hydrogens is 392 g/mol. The maximum Gasteiger partial charge on any atom is 0.303 e. The van der Waals surface area contributed by atoms with E-state index in [0.717, 1.165) is 5.69 Å². The van der Waals surface area contributed by atoms with Gasteiger partial charge in [-0.15, -0.1) is 0 Å². The number of carboxylic acid groups (broad SMARTS) is 1. The molecule has 10 heteroatoms. The second-order valence-corrected chi connectivity index (χ2v) is 9.76. The third-order valence-electron chi connectivity index (χ3n) is 4.42. The largest absolute Gasteiger partial charge is 0.497 e. The molecule has 0 aliphatic carbocycles. The van der Waals surface area contributed by atoms with Gasteiger partial charge in [0.05, 0.1) is 24.7 Å². The van der Waals surface area contributed by atoms with E-state index in [9.17, 15) is 18.0 Å². The van der Waals surface area contributed by atoms with Gasteiger partial charge in [0.15, 0.2) is 15.0 Å². The standard InChI is InChI=1S/C17H20N2O6S2/c1-25-12-7-5-11(6-8-12)19-13-9-27(23,24)10-14(13)26-17(19)18-15(20)3-2-4-16(21)22/h5-8,13-14H,2-4,9-10H2,1H3,(H,21,22)/t13-,14+/m1/s1. The molecule has 3 rings (SSSR count). The molecule has 2 atom stereocenters. The number of hydrogen-bond acceptors (Lipinski definition) is 6. The molecule has 2 fully saturated rings. The second kappa shape index (κ2) is 7.89. The summed E-state index contributed by atoms with van der Waals surface area (Å²) in [6, 6.07) is 6.86. The van der Waals surface area contributed by atoms with Crippen molar-refractivity contribution in [2.24, 2.45) is 4.99 Å². The van der Waals surface area contributed by atoms with Gasteiger partial charge in [-0.3, -0.25) is 9.59 Å². The van der Waals surface area contributed by atoms with Crippen LogP contribution in [0.2, 0.25) is 0 Å². The zero-order chi connectivity index (χ0) is 19.6. The van der Waals surface area contributed by atoms with E-state index in [4.69, 9.17) is 9.84 Å². The molecule has 1 aromatic carbocycles. The lowest BCUT2D eigenvalue weighted by atomic mass is 10.2. The number of aliphatic carboxylic acids is 1. The van der Waals surface area contributed by atoms with Gasteiger partial charge in [0, 0.05) is 23.8 Å². The summed E-state index contributed by atoms with van der Waals surface area (Å²) >= 11 is 1.29. The van der Waals surface area contributed by atoms with Crippen LogP contribution in [-0.2, 0) is 19.4 Å². The average molecular weight is 412 g/mol. The number of sulfone groups is 1. The Morgan fingerprint density at radius 2 is 1.96 bits per heavy atom. The van der Waals surface area contributed by atoms with Gasteiger partial charge in [-0.2, -0.15) is 4.99 Å². The number of aliphatic imine (C=N–C) groups is 1. The normalized spacial score (nSPS) is 24.8. The van der Waals surface area contributed by atoms with E-state index in [0.29, 0.717) is 10.9 Å². The Kier molecular flexibility index (Phi) is 5.75. The molecule has 2 heterocycles. The van der Waals surface area contributed by atoms with E-state index < -0.39 is 21.7 Å². The minimum Gasteiger partial charge on any atom is -0.497 e.